The van der Waals surface area contributed by atoms with Gasteiger partial charge in [-0.05, 0) is 0 Å². The number of hydrogen-bond acceptors (Lipinski definition) is 8. The fourth-order valence-corrected chi connectivity index (χ4v) is 32.4. The fraction of sp³-hybridized carbons (Fsp3) is 0.882. The number of unbranched alkanes of at least 4 members (excludes halogenated alkanes) is 6. The molecular formula is C34H69N3O6SSn2. The summed E-state index contributed by atoms with van der Waals surface area (Å²) >= 11 is -2.06. The van der Waals surface area contributed by atoms with E-state index in [1.807, 2.05) is 0 Å². The number of hydrogen-bond donors (Lipinski definition) is 4. The van der Waals surface area contributed by atoms with E-state index < -0.39 is 61.5 Å². The Hall–Kier alpha value is -0.213. The predicted molar refractivity (Wildman–Crippen MR) is 198 cm³/mol. The van der Waals surface area contributed by atoms with E-state index in [1.54, 1.807) is 0 Å². The van der Waals surface area contributed by atoms with Crippen molar-refractivity contribution in [2.75, 3.05) is 12.3 Å². The van der Waals surface area contributed by atoms with Gasteiger partial charge in [0.25, 0.3) is 0 Å². The van der Waals surface area contributed by atoms with E-state index in [0.29, 0.717) is 0 Å². The summed E-state index contributed by atoms with van der Waals surface area (Å²) in [5.74, 6) is -1.57. The number of nitrogens with one attached hydrogen (secondary N) is 2. The second-order valence-corrected chi connectivity index (χ2v) is 36.6. The van der Waals surface area contributed by atoms with Gasteiger partial charge < -0.3 is 0 Å². The molecule has 0 aromatic rings. The molecule has 4 N–H and O–H groups in total. The van der Waals surface area contributed by atoms with Crippen molar-refractivity contribution in [2.45, 2.75) is 170 Å². The average molecular weight is 885 g/mol. The first-order valence-electron chi connectivity index (χ1n) is 18.4. The third kappa shape index (κ3) is 19.7. The molecule has 0 saturated heterocycles. The van der Waals surface area contributed by atoms with Crippen LogP contribution in [0.5, 0.6) is 0 Å². The van der Waals surface area contributed by atoms with Crippen LogP contribution >= 0.6 is 12.6 Å². The first kappa shape index (κ1) is 45.8. The molecule has 2 atom stereocenters. The monoisotopic (exact) mass is 887 g/mol. The molecule has 12 heteroatoms. The third-order valence-corrected chi connectivity index (χ3v) is 34.5. The molecule has 0 unspecified atom stereocenters. The Morgan fingerprint density at radius 2 is 1.07 bits per heavy atom. The van der Waals surface area contributed by atoms with Crippen molar-refractivity contribution in [1.82, 2.24) is 10.6 Å². The SMILES string of the molecule is CCC[CH2][Sn]([CH2]CCC)([CH2]CCC)[O]C(=O)CNC(=O)[C@H](CS)NC(=O)CC[C@@H](N)C(=O)[O][Sn]([CH2]CCC)([CH2]CCC)[CH2]CCC. The number of carbonyl (C=O) groups excluding carboxylic acids is 4. The molecule has 0 aromatic carbocycles. The van der Waals surface area contributed by atoms with Gasteiger partial charge in [-0.25, -0.2) is 0 Å². The molecule has 0 bridgehead atoms. The topological polar surface area (TPSA) is 137 Å². The van der Waals surface area contributed by atoms with Crippen LogP contribution in [-0.4, -0.2) is 85.7 Å². The molecule has 0 aliphatic heterocycles. The summed E-state index contributed by atoms with van der Waals surface area (Å²) in [6.07, 6.45) is 13.0. The number of thiol groups is 1. The maximum atomic E-state index is 13.1. The van der Waals surface area contributed by atoms with E-state index in [9.17, 15) is 19.2 Å². The van der Waals surface area contributed by atoms with E-state index >= 15 is 0 Å². The molecular weight excluding hydrogens is 816 g/mol. The minimum absolute atomic E-state index is 0.0134. The van der Waals surface area contributed by atoms with Gasteiger partial charge in [-0.3, -0.25) is 0 Å². The van der Waals surface area contributed by atoms with Gasteiger partial charge >= 0.3 is 298 Å². The Kier molecular flexibility index (Phi) is 27.5. The number of amides is 2. The Labute approximate surface area is 296 Å². The third-order valence-electron chi connectivity index (χ3n) is 8.79. The minimum atomic E-state index is -3.17. The van der Waals surface area contributed by atoms with Crippen molar-refractivity contribution < 1.29 is 25.3 Å². The van der Waals surface area contributed by atoms with Gasteiger partial charge in [0.05, 0.1) is 0 Å². The molecule has 0 saturated carbocycles. The number of rotatable bonds is 29. The van der Waals surface area contributed by atoms with Crippen LogP contribution in [0, 0.1) is 0 Å². The summed E-state index contributed by atoms with van der Waals surface area (Å²) < 4.78 is 18.8. The van der Waals surface area contributed by atoms with Crippen molar-refractivity contribution in [3.05, 3.63) is 0 Å². The van der Waals surface area contributed by atoms with E-state index in [-0.39, 0.29) is 37.1 Å². The van der Waals surface area contributed by atoms with Crippen molar-refractivity contribution >= 4 is 74.0 Å². The number of nitrogens with two attached hydrogens (primary N) is 1. The maximum absolute atomic E-state index is 13.1. The van der Waals surface area contributed by atoms with Crippen LogP contribution in [0.25, 0.3) is 0 Å². The Bertz CT molecular complexity index is 823. The van der Waals surface area contributed by atoms with Crippen LogP contribution in [0.1, 0.15) is 131 Å². The zero-order chi connectivity index (χ0) is 34.8. The summed E-state index contributed by atoms with van der Waals surface area (Å²) in [5, 5.41) is 5.34. The summed E-state index contributed by atoms with van der Waals surface area (Å²) in [4.78, 5) is 51.8. The molecule has 0 aliphatic carbocycles. The van der Waals surface area contributed by atoms with Gasteiger partial charge in [-0.1, -0.05) is 0 Å². The molecule has 0 heterocycles. The van der Waals surface area contributed by atoms with Crippen molar-refractivity contribution in [1.29, 1.82) is 0 Å². The van der Waals surface area contributed by atoms with Gasteiger partial charge in [0.15, 0.2) is 0 Å². The number of carbonyl (C=O) groups is 4. The zero-order valence-corrected chi connectivity index (χ0v) is 36.8. The van der Waals surface area contributed by atoms with Gasteiger partial charge in [0.2, 0.25) is 0 Å². The van der Waals surface area contributed by atoms with Gasteiger partial charge in [-0.2, -0.15) is 0 Å². The molecule has 0 fully saturated rings. The fourth-order valence-electron chi connectivity index (χ4n) is 5.76. The van der Waals surface area contributed by atoms with E-state index in [0.717, 1.165) is 104 Å². The Morgan fingerprint density at radius 1 is 0.674 bits per heavy atom. The summed E-state index contributed by atoms with van der Waals surface area (Å²) in [5.41, 5.74) is 6.24. The summed E-state index contributed by atoms with van der Waals surface area (Å²) in [6, 6.07) is -1.80. The zero-order valence-electron chi connectivity index (χ0n) is 30.2. The molecule has 0 aliphatic rings. The van der Waals surface area contributed by atoms with Crippen molar-refractivity contribution in [3.8, 4) is 0 Å². The van der Waals surface area contributed by atoms with Crippen LogP contribution in [-0.2, 0) is 25.3 Å². The normalized spacial score (nSPS) is 13.1. The average Bonchev–Trinajstić information content (AvgIpc) is 3.05. The van der Waals surface area contributed by atoms with Crippen molar-refractivity contribution in [3.63, 3.8) is 0 Å². The predicted octanol–water partition coefficient (Wildman–Crippen LogP) is 7.40. The van der Waals surface area contributed by atoms with E-state index in [4.69, 9.17) is 11.9 Å². The van der Waals surface area contributed by atoms with Gasteiger partial charge in [0, 0.05) is 0 Å². The molecule has 0 spiro atoms. The van der Waals surface area contributed by atoms with E-state index in [2.05, 4.69) is 64.8 Å². The van der Waals surface area contributed by atoms with Crippen molar-refractivity contribution in [2.24, 2.45) is 5.73 Å². The van der Waals surface area contributed by atoms with Gasteiger partial charge in [0.1, 0.15) is 0 Å². The quantitative estimate of drug-likeness (QED) is 0.0454. The first-order chi connectivity index (χ1) is 22.0. The molecule has 0 aromatic heterocycles. The Morgan fingerprint density at radius 3 is 1.43 bits per heavy atom. The first-order valence-corrected chi connectivity index (χ1v) is 33.5. The molecule has 0 rings (SSSR count). The van der Waals surface area contributed by atoms with Crippen LogP contribution in [0.15, 0.2) is 0 Å². The summed E-state index contributed by atoms with van der Waals surface area (Å²) in [6.45, 7) is 12.8. The van der Waals surface area contributed by atoms with Crippen LogP contribution in [0.3, 0.4) is 0 Å². The van der Waals surface area contributed by atoms with Crippen LogP contribution in [0.4, 0.5) is 0 Å². The van der Waals surface area contributed by atoms with Crippen LogP contribution < -0.4 is 16.4 Å². The standard InChI is InChI=1S/C10H17N3O6S.6C4H9.2Sn/c11-5(10(18)19)1-2-7(14)13-6(4-20)9(17)12-3-8(15)16;6*1-3-4-2;;/h5-6,20H,1-4,11H2,(H,12,17)(H,13,14)(H,15,16)(H,18,19);6*1,3-4H2,2H3;;/q;;;;;;;2*+1/p-2/t5-,6+;;;;;;;;/m1......../s1. The summed E-state index contributed by atoms with van der Waals surface area (Å²) in [7, 11) is 0. The molecule has 46 heavy (non-hydrogen) atoms. The van der Waals surface area contributed by atoms with Crippen LogP contribution in [0.2, 0.25) is 26.6 Å². The second-order valence-electron chi connectivity index (χ2n) is 13.0. The second kappa shape index (κ2) is 27.6. The van der Waals surface area contributed by atoms with E-state index in [1.165, 1.54) is 0 Å². The molecule has 270 valence electrons. The Balaban J connectivity index is 5.13. The van der Waals surface area contributed by atoms with Gasteiger partial charge in [-0.15, -0.1) is 0 Å². The molecule has 9 nitrogen and oxygen atoms in total. The molecule has 2 amide bonds. The molecule has 0 radical (unpaired) electrons.